The number of ether oxygens (including phenoxy) is 2. The van der Waals surface area contributed by atoms with Crippen LogP contribution in [0.5, 0.6) is 0 Å². The zero-order valence-electron chi connectivity index (χ0n) is 9.70. The molecule has 90 valence electrons. The molecule has 1 N–H and O–H groups in total. The summed E-state index contributed by atoms with van der Waals surface area (Å²) in [4.78, 5) is 10.2. The van der Waals surface area contributed by atoms with Crippen LogP contribution in [0.25, 0.3) is 0 Å². The molecule has 0 aromatic rings. The summed E-state index contributed by atoms with van der Waals surface area (Å²) in [5, 5.41) is 8.42. The van der Waals surface area contributed by atoms with Crippen LogP contribution in [0.3, 0.4) is 0 Å². The zero-order chi connectivity index (χ0) is 11.5. The molecule has 0 bridgehead atoms. The number of carboxylic acids is 1. The van der Waals surface area contributed by atoms with E-state index < -0.39 is 5.97 Å². The van der Waals surface area contributed by atoms with E-state index in [4.69, 9.17) is 14.6 Å². The van der Waals surface area contributed by atoms with E-state index in [-0.39, 0.29) is 6.29 Å². The normalized spacial score (nSPS) is 10.9. The van der Waals surface area contributed by atoms with Gasteiger partial charge in [-0.25, -0.2) is 0 Å². The molecule has 4 heteroatoms. The molecule has 0 saturated carbocycles. The van der Waals surface area contributed by atoms with Crippen molar-refractivity contribution in [1.29, 1.82) is 0 Å². The smallest absolute Gasteiger partial charge is 0.303 e. The monoisotopic (exact) mass is 218 g/mol. The Bertz CT molecular complexity index is 155. The van der Waals surface area contributed by atoms with Gasteiger partial charge in [0.1, 0.15) is 0 Å². The summed E-state index contributed by atoms with van der Waals surface area (Å²) in [6.07, 6.45) is 6.16. The van der Waals surface area contributed by atoms with Gasteiger partial charge in [0.05, 0.1) is 0 Å². The van der Waals surface area contributed by atoms with Gasteiger partial charge in [-0.3, -0.25) is 4.79 Å². The van der Waals surface area contributed by atoms with Crippen molar-refractivity contribution in [2.45, 2.75) is 51.2 Å². The van der Waals surface area contributed by atoms with Crippen LogP contribution in [-0.2, 0) is 14.3 Å². The SMILES string of the molecule is COC(CCCCCCCC(=O)O)OC. The van der Waals surface area contributed by atoms with Crippen LogP contribution in [0, 0.1) is 0 Å². The zero-order valence-corrected chi connectivity index (χ0v) is 9.70. The molecular weight excluding hydrogens is 196 g/mol. The van der Waals surface area contributed by atoms with Crippen molar-refractivity contribution in [3.8, 4) is 0 Å². The summed E-state index contributed by atoms with van der Waals surface area (Å²) < 4.78 is 10.1. The first-order valence-corrected chi connectivity index (χ1v) is 5.48. The molecule has 0 fully saturated rings. The molecule has 0 aliphatic carbocycles. The fourth-order valence-corrected chi connectivity index (χ4v) is 1.45. The third kappa shape index (κ3) is 9.69. The lowest BCUT2D eigenvalue weighted by atomic mass is 10.1. The molecule has 4 nitrogen and oxygen atoms in total. The van der Waals surface area contributed by atoms with Gasteiger partial charge in [0.15, 0.2) is 6.29 Å². The fourth-order valence-electron chi connectivity index (χ4n) is 1.45. The summed E-state index contributed by atoms with van der Waals surface area (Å²) in [6.45, 7) is 0. The second-order valence-electron chi connectivity index (χ2n) is 3.60. The maximum absolute atomic E-state index is 10.2. The van der Waals surface area contributed by atoms with Crippen molar-refractivity contribution >= 4 is 5.97 Å². The Hall–Kier alpha value is -0.610. The molecular formula is C11H22O4. The Labute approximate surface area is 91.6 Å². The van der Waals surface area contributed by atoms with E-state index in [0.717, 1.165) is 38.5 Å². The lowest BCUT2D eigenvalue weighted by molar-refractivity contribution is -0.137. The van der Waals surface area contributed by atoms with Crippen LogP contribution in [0.1, 0.15) is 44.9 Å². The standard InChI is InChI=1S/C11H22O4/c1-14-11(15-2)9-7-5-3-4-6-8-10(12)13/h11H,3-9H2,1-2H3,(H,12,13). The summed E-state index contributed by atoms with van der Waals surface area (Å²) in [5.41, 5.74) is 0. The topological polar surface area (TPSA) is 55.8 Å². The van der Waals surface area contributed by atoms with E-state index in [1.54, 1.807) is 14.2 Å². The lowest BCUT2D eigenvalue weighted by Crippen LogP contribution is -2.12. The van der Waals surface area contributed by atoms with Crippen molar-refractivity contribution in [1.82, 2.24) is 0 Å². The molecule has 0 aliphatic rings. The van der Waals surface area contributed by atoms with Gasteiger partial charge in [0.25, 0.3) is 0 Å². The second-order valence-corrected chi connectivity index (χ2v) is 3.60. The second kappa shape index (κ2) is 9.93. The van der Waals surface area contributed by atoms with E-state index in [2.05, 4.69) is 0 Å². The van der Waals surface area contributed by atoms with Gasteiger partial charge < -0.3 is 14.6 Å². The van der Waals surface area contributed by atoms with Crippen molar-refractivity contribution in [3.63, 3.8) is 0 Å². The average molecular weight is 218 g/mol. The van der Waals surface area contributed by atoms with Gasteiger partial charge in [-0.2, -0.15) is 0 Å². The number of rotatable bonds is 10. The summed E-state index contributed by atoms with van der Waals surface area (Å²) >= 11 is 0. The molecule has 0 rings (SSSR count). The Morgan fingerprint density at radius 2 is 1.60 bits per heavy atom. The summed E-state index contributed by atoms with van der Waals surface area (Å²) in [7, 11) is 3.28. The number of hydrogen-bond donors (Lipinski definition) is 1. The summed E-state index contributed by atoms with van der Waals surface area (Å²) in [5.74, 6) is -0.700. The third-order valence-corrected chi connectivity index (χ3v) is 2.36. The average Bonchev–Trinajstić information content (AvgIpc) is 2.22. The quantitative estimate of drug-likeness (QED) is 0.452. The van der Waals surface area contributed by atoms with E-state index >= 15 is 0 Å². The molecule has 0 atom stereocenters. The van der Waals surface area contributed by atoms with Crippen LogP contribution in [0.4, 0.5) is 0 Å². The van der Waals surface area contributed by atoms with Crippen LogP contribution in [0.15, 0.2) is 0 Å². The molecule has 0 aromatic heterocycles. The summed E-state index contributed by atoms with van der Waals surface area (Å²) in [6, 6.07) is 0. The minimum Gasteiger partial charge on any atom is -0.481 e. The molecule has 0 unspecified atom stereocenters. The van der Waals surface area contributed by atoms with Crippen molar-refractivity contribution in [3.05, 3.63) is 0 Å². The third-order valence-electron chi connectivity index (χ3n) is 2.36. The highest BCUT2D eigenvalue weighted by Crippen LogP contribution is 2.10. The maximum Gasteiger partial charge on any atom is 0.303 e. The highest BCUT2D eigenvalue weighted by atomic mass is 16.7. The van der Waals surface area contributed by atoms with E-state index in [1.165, 1.54) is 0 Å². The Morgan fingerprint density at radius 3 is 2.13 bits per heavy atom. The molecule has 0 radical (unpaired) electrons. The minimum atomic E-state index is -0.700. The van der Waals surface area contributed by atoms with Gasteiger partial charge in [0.2, 0.25) is 0 Å². The van der Waals surface area contributed by atoms with Gasteiger partial charge in [-0.15, -0.1) is 0 Å². The van der Waals surface area contributed by atoms with Gasteiger partial charge in [-0.1, -0.05) is 19.3 Å². The first-order valence-electron chi connectivity index (χ1n) is 5.48. The first kappa shape index (κ1) is 14.4. The van der Waals surface area contributed by atoms with Crippen molar-refractivity contribution < 1.29 is 19.4 Å². The molecule has 15 heavy (non-hydrogen) atoms. The van der Waals surface area contributed by atoms with Gasteiger partial charge in [-0.05, 0) is 19.3 Å². The van der Waals surface area contributed by atoms with Crippen LogP contribution >= 0.6 is 0 Å². The van der Waals surface area contributed by atoms with Crippen LogP contribution < -0.4 is 0 Å². The molecule has 0 spiro atoms. The number of aliphatic carboxylic acids is 1. The van der Waals surface area contributed by atoms with Crippen molar-refractivity contribution in [2.75, 3.05) is 14.2 Å². The number of unbranched alkanes of at least 4 members (excludes halogenated alkanes) is 4. The molecule has 0 aromatic carbocycles. The first-order chi connectivity index (χ1) is 7.20. The maximum atomic E-state index is 10.2. The number of carboxylic acid groups (broad SMARTS) is 1. The highest BCUT2D eigenvalue weighted by molar-refractivity contribution is 5.66. The molecule has 0 heterocycles. The van der Waals surface area contributed by atoms with E-state index in [1.807, 2.05) is 0 Å². The van der Waals surface area contributed by atoms with Crippen LogP contribution in [-0.4, -0.2) is 31.6 Å². The Kier molecular flexibility index (Phi) is 9.52. The highest BCUT2D eigenvalue weighted by Gasteiger charge is 2.03. The van der Waals surface area contributed by atoms with E-state index in [9.17, 15) is 4.79 Å². The van der Waals surface area contributed by atoms with Crippen molar-refractivity contribution in [2.24, 2.45) is 0 Å². The largest absolute Gasteiger partial charge is 0.481 e. The van der Waals surface area contributed by atoms with Crippen LogP contribution in [0.2, 0.25) is 0 Å². The molecule has 0 amide bonds. The lowest BCUT2D eigenvalue weighted by Gasteiger charge is -2.12. The predicted octanol–water partition coefficient (Wildman–Crippen LogP) is 2.42. The number of hydrogen-bond acceptors (Lipinski definition) is 3. The number of carbonyl (C=O) groups is 1. The Morgan fingerprint density at radius 1 is 1.07 bits per heavy atom. The minimum absolute atomic E-state index is 0.0935. The van der Waals surface area contributed by atoms with E-state index in [0.29, 0.717) is 6.42 Å². The predicted molar refractivity (Wildman–Crippen MR) is 57.8 cm³/mol. The van der Waals surface area contributed by atoms with Gasteiger partial charge >= 0.3 is 5.97 Å². The van der Waals surface area contributed by atoms with Gasteiger partial charge in [0, 0.05) is 20.6 Å². The molecule has 0 saturated heterocycles. The fraction of sp³-hybridized carbons (Fsp3) is 0.909. The molecule has 0 aliphatic heterocycles. The number of methoxy groups -OCH3 is 2. The Balaban J connectivity index is 3.14.